The number of thioether (sulfide) groups is 1. The normalized spacial score (nSPS) is 13.4. The van der Waals surface area contributed by atoms with Crippen LogP contribution in [0.5, 0.6) is 0 Å². The highest BCUT2D eigenvalue weighted by Gasteiger charge is 2.25. The highest BCUT2D eigenvalue weighted by Crippen LogP contribution is 2.33. The molecule has 0 radical (unpaired) electrons. The van der Waals surface area contributed by atoms with Crippen molar-refractivity contribution in [2.24, 2.45) is 0 Å². The van der Waals surface area contributed by atoms with Gasteiger partial charge in [-0.1, -0.05) is 41.4 Å². The third-order valence-corrected chi connectivity index (χ3v) is 5.61. The van der Waals surface area contributed by atoms with Crippen molar-refractivity contribution in [2.45, 2.75) is 23.8 Å². The van der Waals surface area contributed by atoms with E-state index in [1.54, 1.807) is 42.5 Å². The zero-order valence-electron chi connectivity index (χ0n) is 13.2. The van der Waals surface area contributed by atoms with Crippen LogP contribution in [0.3, 0.4) is 0 Å². The van der Waals surface area contributed by atoms with Crippen molar-refractivity contribution in [3.05, 3.63) is 58.1 Å². The minimum atomic E-state index is -0.229. The molecule has 0 unspecified atom stereocenters. The minimum absolute atomic E-state index is 0.141. The van der Waals surface area contributed by atoms with Gasteiger partial charge in [0.1, 0.15) is 0 Å². The average molecular weight is 395 g/mol. The van der Waals surface area contributed by atoms with Crippen LogP contribution in [0.1, 0.15) is 23.2 Å². The number of para-hydroxylation sites is 1. The van der Waals surface area contributed by atoms with E-state index in [-0.39, 0.29) is 23.6 Å². The number of carbonyl (C=O) groups is 2. The van der Waals surface area contributed by atoms with E-state index in [4.69, 9.17) is 23.2 Å². The highest BCUT2D eigenvalue weighted by atomic mass is 35.5. The minimum Gasteiger partial charge on any atom is -0.349 e. The van der Waals surface area contributed by atoms with Crippen molar-refractivity contribution < 1.29 is 9.59 Å². The van der Waals surface area contributed by atoms with E-state index in [0.717, 1.165) is 12.8 Å². The maximum atomic E-state index is 12.3. The van der Waals surface area contributed by atoms with E-state index in [0.29, 0.717) is 26.2 Å². The van der Waals surface area contributed by atoms with Gasteiger partial charge in [0.2, 0.25) is 5.91 Å². The van der Waals surface area contributed by atoms with Gasteiger partial charge >= 0.3 is 0 Å². The second-order valence-electron chi connectivity index (χ2n) is 5.68. The van der Waals surface area contributed by atoms with Crippen LogP contribution in [0, 0.1) is 0 Å². The second-order valence-corrected chi connectivity index (χ2v) is 7.48. The molecule has 0 saturated heterocycles. The molecule has 0 spiro atoms. The molecule has 0 atom stereocenters. The lowest BCUT2D eigenvalue weighted by Gasteiger charge is -2.11. The number of halogens is 2. The number of hydrogen-bond donors (Lipinski definition) is 2. The smallest absolute Gasteiger partial charge is 0.253 e. The standard InChI is InChI=1S/C18H16Cl2N2O2S/c19-13-5-3-6-14(20)17(13)25-10-16(23)22-15-7-2-1-4-12(15)18(24)21-11-8-9-11/h1-7,11H,8-10H2,(H,21,24)(H,22,23). The number of nitrogens with one attached hydrogen (secondary N) is 2. The Bertz CT molecular complexity index is 789. The summed E-state index contributed by atoms with van der Waals surface area (Å²) >= 11 is 13.5. The first-order valence-electron chi connectivity index (χ1n) is 7.81. The summed E-state index contributed by atoms with van der Waals surface area (Å²) in [7, 11) is 0. The number of amides is 2. The van der Waals surface area contributed by atoms with E-state index in [1.807, 2.05) is 0 Å². The fraction of sp³-hybridized carbons (Fsp3) is 0.222. The van der Waals surface area contributed by atoms with Crippen LogP contribution < -0.4 is 10.6 Å². The zero-order chi connectivity index (χ0) is 17.8. The summed E-state index contributed by atoms with van der Waals surface area (Å²) in [6, 6.07) is 12.4. The molecule has 1 aliphatic carbocycles. The highest BCUT2D eigenvalue weighted by molar-refractivity contribution is 8.00. The monoisotopic (exact) mass is 394 g/mol. The van der Waals surface area contributed by atoms with E-state index in [1.165, 1.54) is 11.8 Å². The SMILES string of the molecule is O=C(CSc1c(Cl)cccc1Cl)Nc1ccccc1C(=O)NC1CC1. The van der Waals surface area contributed by atoms with E-state index in [2.05, 4.69) is 10.6 Å². The lowest BCUT2D eigenvalue weighted by Crippen LogP contribution is -2.27. The van der Waals surface area contributed by atoms with Gasteiger partial charge < -0.3 is 10.6 Å². The van der Waals surface area contributed by atoms with Crippen LogP contribution in [0.4, 0.5) is 5.69 Å². The first-order valence-corrected chi connectivity index (χ1v) is 9.55. The molecule has 2 amide bonds. The predicted molar refractivity (Wildman–Crippen MR) is 103 cm³/mol. The second kappa shape index (κ2) is 8.13. The fourth-order valence-electron chi connectivity index (χ4n) is 2.23. The molecule has 25 heavy (non-hydrogen) atoms. The van der Waals surface area contributed by atoms with Crippen LogP contribution in [-0.2, 0) is 4.79 Å². The molecule has 2 aromatic rings. The molecule has 0 aliphatic heterocycles. The van der Waals surface area contributed by atoms with Gasteiger partial charge in [0.25, 0.3) is 5.91 Å². The largest absolute Gasteiger partial charge is 0.349 e. The molecule has 2 N–H and O–H groups in total. The van der Waals surface area contributed by atoms with Crippen LogP contribution in [0.2, 0.25) is 10.0 Å². The fourth-order valence-corrected chi connectivity index (χ4v) is 3.71. The summed E-state index contributed by atoms with van der Waals surface area (Å²) in [4.78, 5) is 25.2. The Labute approximate surface area is 160 Å². The quantitative estimate of drug-likeness (QED) is 0.702. The summed E-state index contributed by atoms with van der Waals surface area (Å²) in [6.45, 7) is 0. The van der Waals surface area contributed by atoms with Gasteiger partial charge in [0.15, 0.2) is 0 Å². The Hall–Kier alpha value is -1.69. The van der Waals surface area contributed by atoms with Crippen molar-refractivity contribution >= 4 is 52.5 Å². The van der Waals surface area contributed by atoms with Crippen molar-refractivity contribution in [2.75, 3.05) is 11.1 Å². The summed E-state index contributed by atoms with van der Waals surface area (Å²) in [5.74, 6) is -0.255. The van der Waals surface area contributed by atoms with E-state index < -0.39 is 0 Å². The summed E-state index contributed by atoms with van der Waals surface area (Å²) < 4.78 is 0. The molecule has 0 aromatic heterocycles. The molecular formula is C18H16Cl2N2O2S. The lowest BCUT2D eigenvalue weighted by atomic mass is 10.1. The third kappa shape index (κ3) is 4.91. The molecule has 1 fully saturated rings. The molecule has 7 heteroatoms. The van der Waals surface area contributed by atoms with Gasteiger partial charge in [-0.05, 0) is 37.1 Å². The molecule has 0 bridgehead atoms. The van der Waals surface area contributed by atoms with Gasteiger partial charge in [-0.25, -0.2) is 0 Å². The number of anilines is 1. The number of hydrogen-bond acceptors (Lipinski definition) is 3. The van der Waals surface area contributed by atoms with Crippen LogP contribution in [-0.4, -0.2) is 23.6 Å². The van der Waals surface area contributed by atoms with Crippen LogP contribution >= 0.6 is 35.0 Å². The Balaban J connectivity index is 1.64. The Morgan fingerprint density at radius 3 is 2.40 bits per heavy atom. The van der Waals surface area contributed by atoms with E-state index >= 15 is 0 Å². The van der Waals surface area contributed by atoms with Crippen molar-refractivity contribution in [3.8, 4) is 0 Å². The topological polar surface area (TPSA) is 58.2 Å². The van der Waals surface area contributed by atoms with Crippen molar-refractivity contribution in [1.29, 1.82) is 0 Å². The molecule has 3 rings (SSSR count). The van der Waals surface area contributed by atoms with Gasteiger partial charge in [-0.15, -0.1) is 11.8 Å². The van der Waals surface area contributed by atoms with Gasteiger partial charge in [0.05, 0.1) is 27.0 Å². The molecule has 130 valence electrons. The summed E-state index contributed by atoms with van der Waals surface area (Å²) in [5.41, 5.74) is 0.958. The molecule has 0 heterocycles. The Morgan fingerprint density at radius 2 is 1.72 bits per heavy atom. The van der Waals surface area contributed by atoms with E-state index in [9.17, 15) is 9.59 Å². The molecule has 4 nitrogen and oxygen atoms in total. The number of rotatable bonds is 6. The lowest BCUT2D eigenvalue weighted by molar-refractivity contribution is -0.113. The molecular weight excluding hydrogens is 379 g/mol. The van der Waals surface area contributed by atoms with Gasteiger partial charge in [-0.3, -0.25) is 9.59 Å². The first kappa shape index (κ1) is 18.1. The van der Waals surface area contributed by atoms with Crippen molar-refractivity contribution in [1.82, 2.24) is 5.32 Å². The molecule has 1 saturated carbocycles. The number of carbonyl (C=O) groups excluding carboxylic acids is 2. The van der Waals surface area contributed by atoms with Crippen LogP contribution in [0.25, 0.3) is 0 Å². The molecule has 2 aromatic carbocycles. The van der Waals surface area contributed by atoms with Crippen molar-refractivity contribution in [3.63, 3.8) is 0 Å². The van der Waals surface area contributed by atoms with Crippen LogP contribution in [0.15, 0.2) is 47.4 Å². The maximum absolute atomic E-state index is 12.3. The molecule has 1 aliphatic rings. The summed E-state index contributed by atoms with van der Waals surface area (Å²) in [5, 5.41) is 6.73. The third-order valence-electron chi connectivity index (χ3n) is 3.62. The zero-order valence-corrected chi connectivity index (χ0v) is 15.5. The average Bonchev–Trinajstić information content (AvgIpc) is 3.39. The Morgan fingerprint density at radius 1 is 1.04 bits per heavy atom. The number of benzene rings is 2. The first-order chi connectivity index (χ1) is 12.0. The van der Waals surface area contributed by atoms with Gasteiger partial charge in [0, 0.05) is 10.9 Å². The maximum Gasteiger partial charge on any atom is 0.253 e. The summed E-state index contributed by atoms with van der Waals surface area (Å²) in [6.07, 6.45) is 2.02. The Kier molecular flexibility index (Phi) is 5.89. The van der Waals surface area contributed by atoms with Gasteiger partial charge in [-0.2, -0.15) is 0 Å². The predicted octanol–water partition coefficient (Wildman–Crippen LogP) is 4.62.